The van der Waals surface area contributed by atoms with E-state index in [2.05, 4.69) is 38.0 Å². The van der Waals surface area contributed by atoms with Gasteiger partial charge in [0.15, 0.2) is 5.66 Å². The Hall–Kier alpha value is -3.56. The Bertz CT molecular complexity index is 1190. The molecule has 1 saturated heterocycles. The molecule has 6 rings (SSSR count). The lowest BCUT2D eigenvalue weighted by Crippen LogP contribution is -2.59. The van der Waals surface area contributed by atoms with E-state index in [1.807, 2.05) is 24.3 Å². The Morgan fingerprint density at radius 3 is 2.76 bits per heavy atom. The van der Waals surface area contributed by atoms with E-state index >= 15 is 0 Å². The normalized spacial score (nSPS) is 30.2. The van der Waals surface area contributed by atoms with Gasteiger partial charge in [-0.05, 0) is 62.1 Å². The summed E-state index contributed by atoms with van der Waals surface area (Å²) in [5, 5.41) is 8.70. The second-order valence-electron chi connectivity index (χ2n) is 9.18. The number of nitrogens with one attached hydrogen (secondary N) is 3. The third kappa shape index (κ3) is 3.23. The number of anilines is 1. The van der Waals surface area contributed by atoms with Gasteiger partial charge in [0.25, 0.3) is 5.91 Å². The molecule has 168 valence electrons. The highest BCUT2D eigenvalue weighted by molar-refractivity contribution is 6.10. The number of nitrogens with two attached hydrogens (primary N) is 1. The van der Waals surface area contributed by atoms with Gasteiger partial charge in [0.1, 0.15) is 18.0 Å². The number of aliphatic imine (C=N–C) groups is 2. The minimum atomic E-state index is -0.632. The Kier molecular flexibility index (Phi) is 4.56. The van der Waals surface area contributed by atoms with Gasteiger partial charge < -0.3 is 21.8 Å². The van der Waals surface area contributed by atoms with Crippen LogP contribution in [0.25, 0.3) is 5.70 Å². The maximum absolute atomic E-state index is 12.6. The van der Waals surface area contributed by atoms with Gasteiger partial charge in [0.05, 0.1) is 11.3 Å². The number of benzene rings is 1. The summed E-state index contributed by atoms with van der Waals surface area (Å²) < 4.78 is 0. The lowest BCUT2D eigenvalue weighted by atomic mass is 9.94. The summed E-state index contributed by atoms with van der Waals surface area (Å²) in [7, 11) is 0. The van der Waals surface area contributed by atoms with Crippen molar-refractivity contribution in [3.8, 4) is 0 Å². The highest BCUT2D eigenvalue weighted by atomic mass is 16.1. The summed E-state index contributed by atoms with van der Waals surface area (Å²) >= 11 is 0. The van der Waals surface area contributed by atoms with Crippen molar-refractivity contribution >= 4 is 29.6 Å². The number of hydrazine groups is 1. The number of carbonyl (C=O) groups is 1. The van der Waals surface area contributed by atoms with Crippen LogP contribution in [0, 0.1) is 5.92 Å². The van der Waals surface area contributed by atoms with Crippen LogP contribution < -0.4 is 21.8 Å². The van der Waals surface area contributed by atoms with E-state index in [9.17, 15) is 4.79 Å². The second kappa shape index (κ2) is 7.50. The molecule has 5 N–H and O–H groups in total. The summed E-state index contributed by atoms with van der Waals surface area (Å²) in [6.45, 7) is 3.18. The number of fused-ring (bicyclic) bond motifs is 3. The molecule has 3 aliphatic heterocycles. The highest BCUT2D eigenvalue weighted by Crippen LogP contribution is 2.44. The molecule has 0 radical (unpaired) electrons. The van der Waals surface area contributed by atoms with Gasteiger partial charge in [-0.1, -0.05) is 18.2 Å². The molecule has 1 aliphatic carbocycles. The van der Waals surface area contributed by atoms with Gasteiger partial charge in [-0.3, -0.25) is 4.79 Å². The molecule has 2 bridgehead atoms. The molecule has 2 aromatic rings. The number of piperidine rings is 1. The molecule has 1 aromatic heterocycles. The van der Waals surface area contributed by atoms with Crippen LogP contribution in [0.2, 0.25) is 0 Å². The van der Waals surface area contributed by atoms with Gasteiger partial charge in [-0.2, -0.15) is 5.01 Å². The number of carbonyl (C=O) groups excluding carboxylic acids is 1. The van der Waals surface area contributed by atoms with E-state index in [1.165, 1.54) is 6.42 Å². The number of hydrogen-bond donors (Lipinski definition) is 4. The fourth-order valence-electron chi connectivity index (χ4n) is 5.54. The molecular weight excluding hydrogens is 416 g/mol. The molecule has 1 amide bonds. The van der Waals surface area contributed by atoms with Gasteiger partial charge >= 0.3 is 0 Å². The van der Waals surface area contributed by atoms with Crippen LogP contribution in [0.4, 0.5) is 5.82 Å². The van der Waals surface area contributed by atoms with Crippen molar-refractivity contribution < 1.29 is 4.79 Å². The summed E-state index contributed by atoms with van der Waals surface area (Å²) in [6, 6.07) is 13.6. The summed E-state index contributed by atoms with van der Waals surface area (Å²) in [6.07, 6.45) is 5.52. The zero-order valence-electron chi connectivity index (χ0n) is 18.3. The first kappa shape index (κ1) is 20.1. The Morgan fingerprint density at radius 2 is 2.06 bits per heavy atom. The molecule has 2 fully saturated rings. The Labute approximate surface area is 191 Å². The minimum Gasteiger partial charge on any atom is -0.383 e. The number of rotatable bonds is 4. The molecule has 1 aromatic carbocycles. The third-order valence-corrected chi connectivity index (χ3v) is 7.16. The number of hydrogen-bond acceptors (Lipinski definition) is 8. The molecule has 0 spiro atoms. The van der Waals surface area contributed by atoms with Crippen LogP contribution in [0.1, 0.15) is 35.7 Å². The molecule has 33 heavy (non-hydrogen) atoms. The SMILES string of the molecule is CC12N=CN=C(N)C1=C(c1ccc(C(=O)Nc3ccccn3)cc1)NN2C1C[C@@H]2CNC1C2. The molecule has 3 unspecified atom stereocenters. The maximum Gasteiger partial charge on any atom is 0.256 e. The molecule has 9 heteroatoms. The van der Waals surface area contributed by atoms with Crippen LogP contribution in [-0.2, 0) is 0 Å². The van der Waals surface area contributed by atoms with Gasteiger partial charge in [0, 0.05) is 23.8 Å². The topological polar surface area (TPSA) is 120 Å². The summed E-state index contributed by atoms with van der Waals surface area (Å²) in [5.74, 6) is 1.48. The van der Waals surface area contributed by atoms with E-state index in [1.54, 1.807) is 30.7 Å². The number of amides is 1. The first-order valence-corrected chi connectivity index (χ1v) is 11.3. The average molecular weight is 443 g/mol. The first-order chi connectivity index (χ1) is 16.0. The molecule has 4 heterocycles. The first-order valence-electron chi connectivity index (χ1n) is 11.3. The quantitative estimate of drug-likeness (QED) is 0.573. The number of pyridine rings is 1. The smallest absolute Gasteiger partial charge is 0.256 e. The summed E-state index contributed by atoms with van der Waals surface area (Å²) in [5.41, 5.74) is 12.6. The van der Waals surface area contributed by atoms with Crippen molar-refractivity contribution in [1.82, 2.24) is 20.7 Å². The van der Waals surface area contributed by atoms with Crippen molar-refractivity contribution in [2.24, 2.45) is 21.6 Å². The van der Waals surface area contributed by atoms with Crippen LogP contribution in [0.3, 0.4) is 0 Å². The van der Waals surface area contributed by atoms with E-state index in [0.717, 1.165) is 29.8 Å². The Balaban J connectivity index is 1.30. The standard InChI is InChI=1S/C24H26N8O/c1-24-20(22(25)28-13-29-24)21(31-32(24)18-11-14-10-17(18)27-12-14)15-5-7-16(8-6-15)23(33)30-19-4-2-3-9-26-19/h2-9,13-14,17-18,27,31H,10-12H2,1H3,(H2,25,28,29)(H,26,30,33)/t14-,17?,18?,24?/m1/s1. The van der Waals surface area contributed by atoms with E-state index < -0.39 is 5.66 Å². The molecular formula is C24H26N8O. The average Bonchev–Trinajstić information content (AvgIpc) is 3.53. The number of amidine groups is 1. The lowest BCUT2D eigenvalue weighted by molar-refractivity contribution is 0.0534. The van der Waals surface area contributed by atoms with Crippen LogP contribution in [0.15, 0.2) is 64.2 Å². The van der Waals surface area contributed by atoms with Gasteiger partial charge in [0.2, 0.25) is 0 Å². The second-order valence-corrected chi connectivity index (χ2v) is 9.18. The van der Waals surface area contributed by atoms with Gasteiger partial charge in [-0.15, -0.1) is 0 Å². The third-order valence-electron chi connectivity index (χ3n) is 7.16. The number of aromatic nitrogens is 1. The zero-order chi connectivity index (χ0) is 22.6. The Morgan fingerprint density at radius 1 is 1.21 bits per heavy atom. The van der Waals surface area contributed by atoms with E-state index in [4.69, 9.17) is 10.7 Å². The van der Waals surface area contributed by atoms with Crippen molar-refractivity contribution in [3.63, 3.8) is 0 Å². The van der Waals surface area contributed by atoms with E-state index in [-0.39, 0.29) is 5.91 Å². The maximum atomic E-state index is 12.6. The van der Waals surface area contributed by atoms with Crippen LogP contribution >= 0.6 is 0 Å². The van der Waals surface area contributed by atoms with Crippen LogP contribution in [0.5, 0.6) is 0 Å². The van der Waals surface area contributed by atoms with Crippen molar-refractivity contribution in [2.45, 2.75) is 37.5 Å². The predicted octanol–water partition coefficient (Wildman–Crippen LogP) is 1.73. The molecule has 4 aliphatic rings. The molecule has 1 saturated carbocycles. The van der Waals surface area contributed by atoms with Crippen molar-refractivity contribution in [2.75, 3.05) is 11.9 Å². The zero-order valence-corrected chi connectivity index (χ0v) is 18.3. The molecule has 4 atom stereocenters. The highest BCUT2D eigenvalue weighted by Gasteiger charge is 2.54. The predicted molar refractivity (Wildman–Crippen MR) is 127 cm³/mol. The van der Waals surface area contributed by atoms with Gasteiger partial charge in [-0.25, -0.2) is 15.0 Å². The number of nitrogens with zero attached hydrogens (tertiary/aromatic N) is 4. The summed E-state index contributed by atoms with van der Waals surface area (Å²) in [4.78, 5) is 25.8. The van der Waals surface area contributed by atoms with Crippen molar-refractivity contribution in [1.29, 1.82) is 0 Å². The lowest BCUT2D eigenvalue weighted by Gasteiger charge is -2.41. The van der Waals surface area contributed by atoms with Crippen molar-refractivity contribution in [3.05, 3.63) is 65.4 Å². The van der Waals surface area contributed by atoms with E-state index in [0.29, 0.717) is 35.2 Å². The fourth-order valence-corrected chi connectivity index (χ4v) is 5.54. The minimum absolute atomic E-state index is 0.208. The molecule has 9 nitrogen and oxygen atoms in total. The van der Waals surface area contributed by atoms with Crippen LogP contribution in [-0.4, -0.2) is 52.4 Å². The fraction of sp³-hybridized carbons (Fsp3) is 0.333. The largest absolute Gasteiger partial charge is 0.383 e. The monoisotopic (exact) mass is 442 g/mol.